The molecule has 0 aromatic heterocycles. The first kappa shape index (κ1) is 18.4. The maximum absolute atomic E-state index is 12.5. The van der Waals surface area contributed by atoms with Crippen LogP contribution in [0, 0.1) is 0 Å². The molecular formula is C18H27N3O3. The second kappa shape index (κ2) is 8.80. The van der Waals surface area contributed by atoms with Crippen molar-refractivity contribution in [2.24, 2.45) is 0 Å². The van der Waals surface area contributed by atoms with Crippen LogP contribution in [0.15, 0.2) is 24.3 Å². The predicted molar refractivity (Wildman–Crippen MR) is 93.7 cm³/mol. The number of carbonyl (C=O) groups excluding carboxylic acids is 2. The molecule has 132 valence electrons. The predicted octanol–water partition coefficient (Wildman–Crippen LogP) is 1.81. The SMILES string of the molecule is CCCC(=O)Nc1ccc(CNC(=O)C2(OC)CCNCC2)cc1. The van der Waals surface area contributed by atoms with E-state index in [0.717, 1.165) is 30.8 Å². The van der Waals surface area contributed by atoms with Gasteiger partial charge < -0.3 is 20.7 Å². The van der Waals surface area contributed by atoms with E-state index in [4.69, 9.17) is 4.74 Å². The quantitative estimate of drug-likeness (QED) is 0.711. The zero-order valence-corrected chi connectivity index (χ0v) is 14.5. The standard InChI is InChI=1S/C18H27N3O3/c1-3-4-16(22)21-15-7-5-14(6-8-15)13-20-17(23)18(24-2)9-11-19-12-10-18/h5-8,19H,3-4,9-13H2,1-2H3,(H,20,23)(H,21,22). The van der Waals surface area contributed by atoms with Gasteiger partial charge in [0.1, 0.15) is 5.60 Å². The van der Waals surface area contributed by atoms with Crippen LogP contribution in [0.2, 0.25) is 0 Å². The van der Waals surface area contributed by atoms with Crippen LogP contribution in [-0.4, -0.2) is 37.6 Å². The fourth-order valence-electron chi connectivity index (χ4n) is 2.85. The molecule has 3 N–H and O–H groups in total. The molecule has 0 spiro atoms. The van der Waals surface area contributed by atoms with Gasteiger partial charge in [-0.1, -0.05) is 19.1 Å². The van der Waals surface area contributed by atoms with Crippen LogP contribution in [0.1, 0.15) is 38.2 Å². The Morgan fingerprint density at radius 3 is 2.46 bits per heavy atom. The van der Waals surface area contributed by atoms with Crippen LogP contribution in [-0.2, 0) is 20.9 Å². The van der Waals surface area contributed by atoms with Crippen LogP contribution < -0.4 is 16.0 Å². The molecule has 6 nitrogen and oxygen atoms in total. The summed E-state index contributed by atoms with van der Waals surface area (Å²) in [5.74, 6) is -0.0432. The Morgan fingerprint density at radius 2 is 1.88 bits per heavy atom. The molecule has 1 heterocycles. The average Bonchev–Trinajstić information content (AvgIpc) is 2.61. The number of ether oxygens (including phenoxy) is 1. The number of hydrogen-bond acceptors (Lipinski definition) is 4. The lowest BCUT2D eigenvalue weighted by Crippen LogP contribution is -2.53. The Labute approximate surface area is 143 Å². The van der Waals surface area contributed by atoms with Crippen LogP contribution in [0.3, 0.4) is 0 Å². The van der Waals surface area contributed by atoms with Crippen LogP contribution in [0.5, 0.6) is 0 Å². The van der Waals surface area contributed by atoms with Gasteiger partial charge in [0.25, 0.3) is 5.91 Å². The average molecular weight is 333 g/mol. The zero-order valence-electron chi connectivity index (χ0n) is 14.5. The first-order valence-electron chi connectivity index (χ1n) is 8.52. The number of benzene rings is 1. The molecule has 2 amide bonds. The minimum absolute atomic E-state index is 0.0199. The van der Waals surface area contributed by atoms with Gasteiger partial charge in [0.05, 0.1) is 0 Å². The Bertz CT molecular complexity index is 551. The maximum atomic E-state index is 12.5. The summed E-state index contributed by atoms with van der Waals surface area (Å²) in [6, 6.07) is 7.52. The molecule has 0 aliphatic carbocycles. The van der Waals surface area contributed by atoms with Gasteiger partial charge in [0, 0.05) is 25.8 Å². The van der Waals surface area contributed by atoms with Gasteiger partial charge in [-0.25, -0.2) is 0 Å². The van der Waals surface area contributed by atoms with E-state index in [1.54, 1.807) is 7.11 Å². The summed E-state index contributed by atoms with van der Waals surface area (Å²) in [5.41, 5.74) is 1.03. The minimum atomic E-state index is -0.723. The van der Waals surface area contributed by atoms with Crippen molar-refractivity contribution in [3.8, 4) is 0 Å². The summed E-state index contributed by atoms with van der Waals surface area (Å²) in [6.45, 7) is 3.99. The van der Waals surface area contributed by atoms with Crippen molar-refractivity contribution in [3.63, 3.8) is 0 Å². The molecule has 1 aliphatic heterocycles. The van der Waals surface area contributed by atoms with Crippen molar-refractivity contribution in [2.75, 3.05) is 25.5 Å². The topological polar surface area (TPSA) is 79.5 Å². The number of piperidine rings is 1. The van der Waals surface area contributed by atoms with Crippen LogP contribution in [0.4, 0.5) is 5.69 Å². The van der Waals surface area contributed by atoms with E-state index < -0.39 is 5.60 Å². The third-order valence-corrected chi connectivity index (χ3v) is 4.38. The monoisotopic (exact) mass is 333 g/mol. The summed E-state index contributed by atoms with van der Waals surface area (Å²) in [7, 11) is 1.60. The highest BCUT2D eigenvalue weighted by Gasteiger charge is 2.39. The molecular weight excluding hydrogens is 306 g/mol. The van der Waals surface area contributed by atoms with E-state index in [-0.39, 0.29) is 11.8 Å². The number of carbonyl (C=O) groups is 2. The normalized spacial score (nSPS) is 16.4. The number of methoxy groups -OCH3 is 1. The second-order valence-electron chi connectivity index (χ2n) is 6.13. The van der Waals surface area contributed by atoms with Gasteiger partial charge in [-0.05, 0) is 50.0 Å². The molecule has 2 rings (SSSR count). The summed E-state index contributed by atoms with van der Waals surface area (Å²) in [6.07, 6.45) is 2.70. The van der Waals surface area contributed by atoms with E-state index in [1.807, 2.05) is 31.2 Å². The minimum Gasteiger partial charge on any atom is -0.368 e. The van der Waals surface area contributed by atoms with E-state index >= 15 is 0 Å². The number of rotatable bonds is 7. The highest BCUT2D eigenvalue weighted by Crippen LogP contribution is 2.22. The van der Waals surface area contributed by atoms with Gasteiger partial charge in [-0.2, -0.15) is 0 Å². The van der Waals surface area contributed by atoms with Crippen molar-refractivity contribution in [2.45, 2.75) is 44.8 Å². The Kier molecular flexibility index (Phi) is 6.75. The maximum Gasteiger partial charge on any atom is 0.252 e. The van der Waals surface area contributed by atoms with E-state index in [2.05, 4.69) is 16.0 Å². The lowest BCUT2D eigenvalue weighted by Gasteiger charge is -2.34. The zero-order chi connectivity index (χ0) is 17.4. The Morgan fingerprint density at radius 1 is 1.21 bits per heavy atom. The van der Waals surface area contributed by atoms with E-state index in [1.165, 1.54) is 0 Å². The lowest BCUT2D eigenvalue weighted by atomic mass is 9.91. The molecule has 0 saturated carbocycles. The third-order valence-electron chi connectivity index (χ3n) is 4.38. The molecule has 0 bridgehead atoms. The molecule has 0 atom stereocenters. The van der Waals surface area contributed by atoms with Gasteiger partial charge >= 0.3 is 0 Å². The van der Waals surface area contributed by atoms with Crippen molar-refractivity contribution >= 4 is 17.5 Å². The second-order valence-corrected chi connectivity index (χ2v) is 6.13. The van der Waals surface area contributed by atoms with E-state index in [0.29, 0.717) is 25.8 Å². The first-order valence-corrected chi connectivity index (χ1v) is 8.52. The highest BCUT2D eigenvalue weighted by molar-refractivity contribution is 5.90. The lowest BCUT2D eigenvalue weighted by molar-refractivity contribution is -0.146. The third kappa shape index (κ3) is 4.79. The molecule has 1 aliphatic rings. The van der Waals surface area contributed by atoms with Gasteiger partial charge in [-0.3, -0.25) is 9.59 Å². The molecule has 6 heteroatoms. The van der Waals surface area contributed by atoms with Crippen molar-refractivity contribution in [1.29, 1.82) is 0 Å². The molecule has 1 saturated heterocycles. The van der Waals surface area contributed by atoms with Gasteiger partial charge in [0.2, 0.25) is 5.91 Å². The first-order chi connectivity index (χ1) is 11.6. The highest BCUT2D eigenvalue weighted by atomic mass is 16.5. The molecule has 0 unspecified atom stereocenters. The fraction of sp³-hybridized carbons (Fsp3) is 0.556. The number of anilines is 1. The fourth-order valence-corrected chi connectivity index (χ4v) is 2.85. The summed E-state index contributed by atoms with van der Waals surface area (Å²) in [4.78, 5) is 24.1. The van der Waals surface area contributed by atoms with E-state index in [9.17, 15) is 9.59 Å². The molecule has 1 aromatic rings. The molecule has 1 aromatic carbocycles. The molecule has 0 radical (unpaired) electrons. The summed E-state index contributed by atoms with van der Waals surface area (Å²) < 4.78 is 5.52. The van der Waals surface area contributed by atoms with Crippen LogP contribution in [0.25, 0.3) is 0 Å². The van der Waals surface area contributed by atoms with Gasteiger partial charge in [0.15, 0.2) is 0 Å². The molecule has 1 fully saturated rings. The Hall–Kier alpha value is -1.92. The van der Waals surface area contributed by atoms with Gasteiger partial charge in [-0.15, -0.1) is 0 Å². The number of nitrogens with one attached hydrogen (secondary N) is 3. The summed E-state index contributed by atoms with van der Waals surface area (Å²) in [5, 5.41) is 9.05. The number of amides is 2. The largest absolute Gasteiger partial charge is 0.368 e. The van der Waals surface area contributed by atoms with Crippen molar-refractivity contribution in [1.82, 2.24) is 10.6 Å². The van der Waals surface area contributed by atoms with Crippen molar-refractivity contribution < 1.29 is 14.3 Å². The number of hydrogen-bond donors (Lipinski definition) is 3. The van der Waals surface area contributed by atoms with Crippen molar-refractivity contribution in [3.05, 3.63) is 29.8 Å². The molecule has 24 heavy (non-hydrogen) atoms. The smallest absolute Gasteiger partial charge is 0.252 e. The Balaban J connectivity index is 1.87. The summed E-state index contributed by atoms with van der Waals surface area (Å²) >= 11 is 0. The van der Waals surface area contributed by atoms with Crippen LogP contribution >= 0.6 is 0 Å².